The second kappa shape index (κ2) is 5.22. The van der Waals surface area contributed by atoms with Crippen LogP contribution in [0.2, 0.25) is 0 Å². The first-order valence-corrected chi connectivity index (χ1v) is 7.66. The Morgan fingerprint density at radius 3 is 2.74 bits per heavy atom. The number of alkyl halides is 3. The molecule has 0 saturated heterocycles. The van der Waals surface area contributed by atoms with Crippen LogP contribution in [0.4, 0.5) is 13.2 Å². The Balaban J connectivity index is 2.26. The normalized spacial score (nSPS) is 16.6. The number of hydrogen-bond acceptors (Lipinski definition) is 5. The molecule has 1 N–H and O–H groups in total. The first-order chi connectivity index (χ1) is 8.79. The van der Waals surface area contributed by atoms with Crippen molar-refractivity contribution in [3.8, 4) is 5.75 Å². The molecule has 0 unspecified atom stereocenters. The van der Waals surface area contributed by atoms with Crippen molar-refractivity contribution < 1.29 is 25.8 Å². The summed E-state index contributed by atoms with van der Waals surface area (Å²) in [6.07, 6.45) is 0. The van der Waals surface area contributed by atoms with E-state index in [1.54, 1.807) is 6.07 Å². The van der Waals surface area contributed by atoms with Gasteiger partial charge in [-0.1, -0.05) is 6.07 Å². The van der Waals surface area contributed by atoms with E-state index in [0.29, 0.717) is 6.54 Å². The van der Waals surface area contributed by atoms with E-state index in [1.807, 2.05) is 0 Å². The molecule has 9 heteroatoms. The van der Waals surface area contributed by atoms with E-state index < -0.39 is 15.6 Å². The average Bonchev–Trinajstić information content (AvgIpc) is 2.51. The highest BCUT2D eigenvalue weighted by atomic mass is 32.2. The van der Waals surface area contributed by atoms with Crippen LogP contribution in [0.5, 0.6) is 5.75 Å². The van der Waals surface area contributed by atoms with Gasteiger partial charge in [0.15, 0.2) is 0 Å². The van der Waals surface area contributed by atoms with Crippen molar-refractivity contribution in [2.75, 3.05) is 12.3 Å². The lowest BCUT2D eigenvalue weighted by atomic mass is 10.2. The van der Waals surface area contributed by atoms with Gasteiger partial charge in [0.25, 0.3) is 0 Å². The number of halogens is 3. The van der Waals surface area contributed by atoms with Crippen LogP contribution in [0.15, 0.2) is 23.1 Å². The van der Waals surface area contributed by atoms with Crippen molar-refractivity contribution in [3.63, 3.8) is 0 Å². The molecule has 0 saturated carbocycles. The van der Waals surface area contributed by atoms with Crippen LogP contribution in [0, 0.1) is 0 Å². The summed E-state index contributed by atoms with van der Waals surface area (Å²) in [5.74, 6) is 0.424. The fourth-order valence-corrected chi connectivity index (χ4v) is 2.94. The molecule has 0 bridgehead atoms. The van der Waals surface area contributed by atoms with Crippen molar-refractivity contribution in [2.24, 2.45) is 0 Å². The topological polar surface area (TPSA) is 55.4 Å². The van der Waals surface area contributed by atoms with Gasteiger partial charge in [0.1, 0.15) is 5.75 Å². The van der Waals surface area contributed by atoms with Crippen molar-refractivity contribution in [2.45, 2.75) is 16.9 Å². The number of rotatable bonds is 2. The molecule has 1 aliphatic heterocycles. The Labute approximate surface area is 112 Å². The monoisotopic (exact) mass is 313 g/mol. The van der Waals surface area contributed by atoms with Gasteiger partial charge >= 0.3 is 15.6 Å². The van der Waals surface area contributed by atoms with E-state index in [4.69, 9.17) is 0 Å². The molecule has 0 aliphatic carbocycles. The van der Waals surface area contributed by atoms with E-state index in [9.17, 15) is 21.6 Å². The van der Waals surface area contributed by atoms with E-state index in [-0.39, 0.29) is 5.75 Å². The maximum Gasteiger partial charge on any atom is 0.534 e. The van der Waals surface area contributed by atoms with Gasteiger partial charge in [-0.2, -0.15) is 21.6 Å². The number of benzene rings is 1. The molecule has 0 atom stereocenters. The molecule has 4 nitrogen and oxygen atoms in total. The van der Waals surface area contributed by atoms with Crippen molar-refractivity contribution in [1.82, 2.24) is 5.32 Å². The molecular formula is C10H10F3NO3S2. The van der Waals surface area contributed by atoms with Crippen LogP contribution in [0.1, 0.15) is 5.56 Å². The zero-order chi connectivity index (χ0) is 14.1. The van der Waals surface area contributed by atoms with Gasteiger partial charge in [-0.3, -0.25) is 0 Å². The minimum absolute atomic E-state index is 0.328. The first kappa shape index (κ1) is 14.5. The number of nitrogens with one attached hydrogen (secondary N) is 1. The maximum absolute atomic E-state index is 12.2. The summed E-state index contributed by atoms with van der Waals surface area (Å²) in [4.78, 5) is 0.722. The fraction of sp³-hybridized carbons (Fsp3) is 0.400. The number of thioether (sulfide) groups is 1. The molecule has 1 aromatic rings. The van der Waals surface area contributed by atoms with Gasteiger partial charge in [-0.25, -0.2) is 0 Å². The second-order valence-electron chi connectivity index (χ2n) is 3.78. The highest BCUT2D eigenvalue weighted by Crippen LogP contribution is 2.32. The lowest BCUT2D eigenvalue weighted by Crippen LogP contribution is -2.28. The molecular weight excluding hydrogens is 303 g/mol. The Bertz CT molecular complexity index is 572. The summed E-state index contributed by atoms with van der Waals surface area (Å²) >= 11 is 1.44. The van der Waals surface area contributed by atoms with E-state index in [1.165, 1.54) is 23.9 Å². The number of fused-ring (bicyclic) bond motifs is 1. The standard InChI is InChI=1S/C10H10F3NO3S2/c11-10(12,13)19(15,16)17-8-2-1-7-6-14-3-4-18-9(7)5-8/h1-2,5,14H,3-4,6H2. The first-order valence-electron chi connectivity index (χ1n) is 5.27. The second-order valence-corrected chi connectivity index (χ2v) is 6.45. The maximum atomic E-state index is 12.2. The Hall–Kier alpha value is -0.930. The number of hydrogen-bond donors (Lipinski definition) is 1. The third kappa shape index (κ3) is 3.34. The fourth-order valence-electron chi connectivity index (χ4n) is 1.50. The summed E-state index contributed by atoms with van der Waals surface area (Å²) in [6.45, 7) is 1.37. The third-order valence-corrected chi connectivity index (χ3v) is 4.46. The predicted molar refractivity (Wildman–Crippen MR) is 64.5 cm³/mol. The molecule has 0 radical (unpaired) electrons. The SMILES string of the molecule is O=S(=O)(Oc1ccc2c(c1)SCCNC2)C(F)(F)F. The van der Waals surface area contributed by atoms with Crippen LogP contribution in [0.3, 0.4) is 0 Å². The van der Waals surface area contributed by atoms with Gasteiger partial charge < -0.3 is 9.50 Å². The highest BCUT2D eigenvalue weighted by Gasteiger charge is 2.48. The van der Waals surface area contributed by atoms with Crippen molar-refractivity contribution in [1.29, 1.82) is 0 Å². The summed E-state index contributed by atoms with van der Waals surface area (Å²) in [7, 11) is -5.61. The zero-order valence-electron chi connectivity index (χ0n) is 9.53. The Kier molecular flexibility index (Phi) is 3.98. The molecule has 2 rings (SSSR count). The van der Waals surface area contributed by atoms with Gasteiger partial charge in [-0.05, 0) is 17.7 Å². The highest BCUT2D eigenvalue weighted by molar-refractivity contribution is 7.99. The average molecular weight is 313 g/mol. The predicted octanol–water partition coefficient (Wildman–Crippen LogP) is 2.11. The minimum Gasteiger partial charge on any atom is -0.376 e. The minimum atomic E-state index is -5.61. The summed E-state index contributed by atoms with van der Waals surface area (Å²) in [5.41, 5.74) is -4.52. The van der Waals surface area contributed by atoms with Crippen LogP contribution in [0.25, 0.3) is 0 Å². The third-order valence-electron chi connectivity index (χ3n) is 2.38. The molecule has 0 spiro atoms. The molecule has 1 heterocycles. The summed E-state index contributed by atoms with van der Waals surface area (Å²) in [6, 6.07) is 4.09. The molecule has 0 amide bonds. The van der Waals surface area contributed by atoms with Crippen LogP contribution in [-0.4, -0.2) is 26.2 Å². The summed E-state index contributed by atoms with van der Waals surface area (Å²) in [5, 5.41) is 3.14. The molecule has 1 aromatic carbocycles. The van der Waals surface area contributed by atoms with Crippen LogP contribution >= 0.6 is 11.8 Å². The molecule has 0 aromatic heterocycles. The molecule has 19 heavy (non-hydrogen) atoms. The van der Waals surface area contributed by atoms with Crippen molar-refractivity contribution >= 4 is 21.9 Å². The smallest absolute Gasteiger partial charge is 0.376 e. The zero-order valence-corrected chi connectivity index (χ0v) is 11.2. The van der Waals surface area contributed by atoms with E-state index >= 15 is 0 Å². The van der Waals surface area contributed by atoms with Crippen molar-refractivity contribution in [3.05, 3.63) is 23.8 Å². The van der Waals surface area contributed by atoms with E-state index in [0.717, 1.165) is 22.8 Å². The van der Waals surface area contributed by atoms with Crippen LogP contribution < -0.4 is 9.50 Å². The van der Waals surface area contributed by atoms with Gasteiger partial charge in [0, 0.05) is 23.7 Å². The molecule has 1 aliphatic rings. The van der Waals surface area contributed by atoms with Gasteiger partial charge in [-0.15, -0.1) is 11.8 Å². The van der Waals surface area contributed by atoms with Gasteiger partial charge in [0.2, 0.25) is 0 Å². The lowest BCUT2D eigenvalue weighted by Gasteiger charge is -2.11. The van der Waals surface area contributed by atoms with Crippen LogP contribution in [-0.2, 0) is 16.7 Å². The Morgan fingerprint density at radius 1 is 1.32 bits per heavy atom. The largest absolute Gasteiger partial charge is 0.534 e. The lowest BCUT2D eigenvalue weighted by molar-refractivity contribution is -0.0500. The van der Waals surface area contributed by atoms with E-state index in [2.05, 4.69) is 9.50 Å². The Morgan fingerprint density at radius 2 is 2.05 bits per heavy atom. The summed E-state index contributed by atoms with van der Waals surface area (Å²) < 4.78 is 62.5. The molecule has 0 fully saturated rings. The van der Waals surface area contributed by atoms with Gasteiger partial charge in [0.05, 0.1) is 0 Å². The quantitative estimate of drug-likeness (QED) is 0.669. The molecule has 106 valence electrons.